The lowest BCUT2D eigenvalue weighted by atomic mass is 10.1. The summed E-state index contributed by atoms with van der Waals surface area (Å²) in [5, 5.41) is 1.84. The maximum atomic E-state index is 5.32. The zero-order valence-corrected chi connectivity index (χ0v) is 8.86. The molecule has 0 radical (unpaired) electrons. The molecule has 2 nitrogen and oxygen atoms in total. The molecule has 76 valence electrons. The van der Waals surface area contributed by atoms with Crippen LogP contribution in [-0.4, -0.2) is 6.54 Å². The summed E-state index contributed by atoms with van der Waals surface area (Å²) in [5.41, 5.74) is 2.41. The highest BCUT2D eigenvalue weighted by Crippen LogP contribution is 2.20. The second-order valence-corrected chi connectivity index (χ2v) is 2.95. The molecule has 0 aliphatic rings. The number of rotatable bonds is 5. The Morgan fingerprint density at radius 1 is 1.36 bits per heavy atom. The van der Waals surface area contributed by atoms with Crippen LogP contribution in [0.5, 0.6) is 0 Å². The van der Waals surface area contributed by atoms with Gasteiger partial charge in [0.05, 0.1) is 12.2 Å². The first-order valence-electron chi connectivity index (χ1n) is 4.96. The predicted molar refractivity (Wildman–Crippen MR) is 60.1 cm³/mol. The molecule has 0 unspecified atom stereocenters. The van der Waals surface area contributed by atoms with E-state index in [1.165, 1.54) is 11.8 Å². The first-order valence-corrected chi connectivity index (χ1v) is 4.96. The predicted octanol–water partition coefficient (Wildman–Crippen LogP) is 3.15. The fourth-order valence-corrected chi connectivity index (χ4v) is 1.44. The third-order valence-electron chi connectivity index (χ3n) is 2.13. The van der Waals surface area contributed by atoms with E-state index in [4.69, 9.17) is 4.84 Å². The first-order chi connectivity index (χ1) is 6.83. The molecule has 0 amide bonds. The number of anilines is 1. The van der Waals surface area contributed by atoms with Crippen molar-refractivity contribution in [3.8, 4) is 0 Å². The summed E-state index contributed by atoms with van der Waals surface area (Å²) in [4.78, 5) is 5.32. The van der Waals surface area contributed by atoms with Crippen LogP contribution >= 0.6 is 0 Å². The van der Waals surface area contributed by atoms with Gasteiger partial charge in [-0.1, -0.05) is 31.7 Å². The largest absolute Gasteiger partial charge is 0.388 e. The van der Waals surface area contributed by atoms with E-state index in [-0.39, 0.29) is 0 Å². The van der Waals surface area contributed by atoms with E-state index in [2.05, 4.69) is 32.6 Å². The van der Waals surface area contributed by atoms with Crippen LogP contribution in [0.1, 0.15) is 19.4 Å². The standard InChI is InChI=1S/C12H17NO/c1-4-11-9-7-8-10-12(11)13(5-2)14-6-3/h6-10H,3-5H2,1-2H3. The molecule has 0 aromatic heterocycles. The molecule has 1 rings (SSSR count). The number of nitrogens with zero attached hydrogens (tertiary/aromatic N) is 1. The van der Waals surface area contributed by atoms with Gasteiger partial charge in [-0.15, -0.1) is 0 Å². The van der Waals surface area contributed by atoms with Crippen molar-refractivity contribution >= 4 is 5.69 Å². The van der Waals surface area contributed by atoms with Crippen molar-refractivity contribution in [1.82, 2.24) is 0 Å². The number of hydrogen-bond acceptors (Lipinski definition) is 2. The number of hydrogen-bond donors (Lipinski definition) is 0. The number of hydroxylamine groups is 1. The van der Waals surface area contributed by atoms with Crippen molar-refractivity contribution in [2.24, 2.45) is 0 Å². The highest BCUT2D eigenvalue weighted by Gasteiger charge is 2.07. The average molecular weight is 191 g/mol. The molecule has 0 saturated heterocycles. The average Bonchev–Trinajstić information content (AvgIpc) is 2.26. The SMILES string of the molecule is C=CON(CC)c1ccccc1CC. The second kappa shape index (κ2) is 5.32. The van der Waals surface area contributed by atoms with Crippen LogP contribution in [0.4, 0.5) is 5.69 Å². The Morgan fingerprint density at radius 3 is 2.64 bits per heavy atom. The minimum absolute atomic E-state index is 0.809. The number of aryl methyl sites for hydroxylation is 1. The van der Waals surface area contributed by atoms with E-state index in [9.17, 15) is 0 Å². The van der Waals surface area contributed by atoms with Crippen LogP contribution in [0, 0.1) is 0 Å². The van der Waals surface area contributed by atoms with Crippen molar-refractivity contribution in [1.29, 1.82) is 0 Å². The molecule has 1 aromatic rings. The van der Waals surface area contributed by atoms with Gasteiger partial charge in [-0.25, -0.2) is 5.06 Å². The lowest BCUT2D eigenvalue weighted by Crippen LogP contribution is -2.21. The van der Waals surface area contributed by atoms with Gasteiger partial charge in [-0.3, -0.25) is 0 Å². The minimum atomic E-state index is 0.809. The Morgan fingerprint density at radius 2 is 2.07 bits per heavy atom. The Hall–Kier alpha value is -1.44. The highest BCUT2D eigenvalue weighted by molar-refractivity contribution is 5.51. The van der Waals surface area contributed by atoms with Gasteiger partial charge in [0.15, 0.2) is 0 Å². The van der Waals surface area contributed by atoms with E-state index in [1.807, 2.05) is 17.2 Å². The van der Waals surface area contributed by atoms with Crippen LogP contribution in [0.15, 0.2) is 37.1 Å². The van der Waals surface area contributed by atoms with Gasteiger partial charge in [0, 0.05) is 0 Å². The van der Waals surface area contributed by atoms with Crippen molar-refractivity contribution in [3.63, 3.8) is 0 Å². The van der Waals surface area contributed by atoms with Crippen molar-refractivity contribution in [2.75, 3.05) is 11.6 Å². The van der Waals surface area contributed by atoms with Gasteiger partial charge in [-0.05, 0) is 25.0 Å². The van der Waals surface area contributed by atoms with Gasteiger partial charge in [0.1, 0.15) is 6.26 Å². The molecule has 0 saturated carbocycles. The lowest BCUT2D eigenvalue weighted by Gasteiger charge is -2.22. The van der Waals surface area contributed by atoms with E-state index in [0.29, 0.717) is 0 Å². The summed E-state index contributed by atoms with van der Waals surface area (Å²) in [6.45, 7) is 8.57. The van der Waals surface area contributed by atoms with Crippen molar-refractivity contribution < 1.29 is 4.84 Å². The third-order valence-corrected chi connectivity index (χ3v) is 2.13. The molecule has 0 aliphatic heterocycles. The van der Waals surface area contributed by atoms with Crippen molar-refractivity contribution in [2.45, 2.75) is 20.3 Å². The van der Waals surface area contributed by atoms with Crippen LogP contribution in [0.25, 0.3) is 0 Å². The highest BCUT2D eigenvalue weighted by atomic mass is 16.7. The number of para-hydroxylation sites is 1. The maximum Gasteiger partial charge on any atom is 0.112 e. The summed E-state index contributed by atoms with van der Waals surface area (Å²) in [5.74, 6) is 0. The Kier molecular flexibility index (Phi) is 4.05. The topological polar surface area (TPSA) is 12.5 Å². The Bertz CT molecular complexity index is 296. The quantitative estimate of drug-likeness (QED) is 0.523. The summed E-state index contributed by atoms with van der Waals surface area (Å²) in [7, 11) is 0. The summed E-state index contributed by atoms with van der Waals surface area (Å²) in [6, 6.07) is 8.24. The molecule has 14 heavy (non-hydrogen) atoms. The normalized spacial score (nSPS) is 9.57. The molecule has 1 aromatic carbocycles. The fraction of sp³-hybridized carbons (Fsp3) is 0.333. The molecule has 0 spiro atoms. The van der Waals surface area contributed by atoms with E-state index in [0.717, 1.165) is 18.7 Å². The first kappa shape index (κ1) is 10.6. The van der Waals surface area contributed by atoms with Gasteiger partial charge in [0.25, 0.3) is 0 Å². The third kappa shape index (κ3) is 2.28. The van der Waals surface area contributed by atoms with Crippen LogP contribution in [0.3, 0.4) is 0 Å². The molecule has 0 aliphatic carbocycles. The molecule has 0 fully saturated rings. The molecule has 0 bridgehead atoms. The van der Waals surface area contributed by atoms with Gasteiger partial charge >= 0.3 is 0 Å². The Labute approximate surface area is 85.8 Å². The zero-order chi connectivity index (χ0) is 10.4. The smallest absolute Gasteiger partial charge is 0.112 e. The molecular weight excluding hydrogens is 174 g/mol. The molecule has 0 N–H and O–H groups in total. The van der Waals surface area contributed by atoms with Gasteiger partial charge in [-0.2, -0.15) is 0 Å². The molecule has 2 heteroatoms. The van der Waals surface area contributed by atoms with Crippen LogP contribution in [-0.2, 0) is 11.3 Å². The van der Waals surface area contributed by atoms with Crippen LogP contribution in [0.2, 0.25) is 0 Å². The van der Waals surface area contributed by atoms with Gasteiger partial charge in [0.2, 0.25) is 0 Å². The second-order valence-electron chi connectivity index (χ2n) is 2.95. The van der Waals surface area contributed by atoms with E-state index < -0.39 is 0 Å². The summed E-state index contributed by atoms with van der Waals surface area (Å²) >= 11 is 0. The lowest BCUT2D eigenvalue weighted by molar-refractivity contribution is 0.219. The zero-order valence-electron chi connectivity index (χ0n) is 8.86. The van der Waals surface area contributed by atoms with E-state index in [1.54, 1.807) is 0 Å². The molecule has 0 heterocycles. The molecule has 0 atom stereocenters. The number of benzene rings is 1. The van der Waals surface area contributed by atoms with Crippen LogP contribution < -0.4 is 5.06 Å². The summed E-state index contributed by atoms with van der Waals surface area (Å²) in [6.07, 6.45) is 2.46. The minimum Gasteiger partial charge on any atom is -0.388 e. The summed E-state index contributed by atoms with van der Waals surface area (Å²) < 4.78 is 0. The Balaban J connectivity index is 2.95. The van der Waals surface area contributed by atoms with E-state index >= 15 is 0 Å². The fourth-order valence-electron chi connectivity index (χ4n) is 1.44. The van der Waals surface area contributed by atoms with Crippen molar-refractivity contribution in [3.05, 3.63) is 42.7 Å². The molecular formula is C12H17NO. The monoisotopic (exact) mass is 191 g/mol. The maximum absolute atomic E-state index is 5.32. The van der Waals surface area contributed by atoms with Gasteiger partial charge < -0.3 is 4.84 Å².